The standard InChI is InChI=1S/C17H18Br2O2/c1-3-10-21-16-9-6-13(11-15(16)18)17(19)12-4-7-14(20-2)8-5-12/h4-9,11,17H,3,10H2,1-2H3. The van der Waals surface area contributed by atoms with Gasteiger partial charge in [-0.2, -0.15) is 0 Å². The molecule has 0 amide bonds. The summed E-state index contributed by atoms with van der Waals surface area (Å²) in [7, 11) is 1.67. The normalized spacial score (nSPS) is 12.0. The van der Waals surface area contributed by atoms with Crippen molar-refractivity contribution in [1.29, 1.82) is 0 Å². The van der Waals surface area contributed by atoms with Crippen LogP contribution in [0.4, 0.5) is 0 Å². The molecule has 2 nitrogen and oxygen atoms in total. The number of rotatable bonds is 6. The summed E-state index contributed by atoms with van der Waals surface area (Å²) in [4.78, 5) is 0.139. The zero-order chi connectivity index (χ0) is 15.2. The molecule has 0 aromatic heterocycles. The van der Waals surface area contributed by atoms with Crippen molar-refractivity contribution in [3.63, 3.8) is 0 Å². The molecule has 0 spiro atoms. The average Bonchev–Trinajstić information content (AvgIpc) is 2.53. The monoisotopic (exact) mass is 412 g/mol. The van der Waals surface area contributed by atoms with Gasteiger partial charge in [-0.05, 0) is 57.7 Å². The molecule has 0 aliphatic rings. The molecule has 4 heteroatoms. The van der Waals surface area contributed by atoms with Crippen molar-refractivity contribution in [2.75, 3.05) is 13.7 Å². The summed E-state index contributed by atoms with van der Waals surface area (Å²) in [6, 6.07) is 14.2. The van der Waals surface area contributed by atoms with Gasteiger partial charge in [0.25, 0.3) is 0 Å². The first-order valence-electron chi connectivity index (χ1n) is 6.86. The zero-order valence-corrected chi connectivity index (χ0v) is 15.3. The van der Waals surface area contributed by atoms with Crippen molar-refractivity contribution >= 4 is 31.9 Å². The second kappa shape index (κ2) is 7.85. The maximum atomic E-state index is 5.68. The van der Waals surface area contributed by atoms with Crippen LogP contribution in [-0.4, -0.2) is 13.7 Å². The molecule has 2 aromatic rings. The molecule has 0 bridgehead atoms. The van der Waals surface area contributed by atoms with Crippen LogP contribution in [0.5, 0.6) is 11.5 Å². The Morgan fingerprint density at radius 3 is 2.29 bits per heavy atom. The van der Waals surface area contributed by atoms with Gasteiger partial charge in [0.15, 0.2) is 0 Å². The second-order valence-corrected chi connectivity index (χ2v) is 6.44. The lowest BCUT2D eigenvalue weighted by Crippen LogP contribution is -1.98. The molecule has 0 aliphatic heterocycles. The van der Waals surface area contributed by atoms with Crippen molar-refractivity contribution in [3.05, 3.63) is 58.1 Å². The number of hydrogen-bond donors (Lipinski definition) is 0. The van der Waals surface area contributed by atoms with Gasteiger partial charge < -0.3 is 9.47 Å². The SMILES string of the molecule is CCCOc1ccc(C(Br)c2ccc(OC)cc2)cc1Br. The minimum atomic E-state index is 0.139. The molecule has 2 aromatic carbocycles. The van der Waals surface area contributed by atoms with Crippen LogP contribution >= 0.6 is 31.9 Å². The van der Waals surface area contributed by atoms with Crippen LogP contribution < -0.4 is 9.47 Å². The van der Waals surface area contributed by atoms with Crippen LogP contribution in [0.15, 0.2) is 46.9 Å². The van der Waals surface area contributed by atoms with E-state index in [1.807, 2.05) is 18.2 Å². The van der Waals surface area contributed by atoms with Crippen molar-refractivity contribution < 1.29 is 9.47 Å². The molecule has 0 heterocycles. The fraction of sp³-hybridized carbons (Fsp3) is 0.294. The molecule has 0 saturated heterocycles. The van der Waals surface area contributed by atoms with Crippen molar-refractivity contribution in [3.8, 4) is 11.5 Å². The lowest BCUT2D eigenvalue weighted by atomic mass is 10.0. The van der Waals surface area contributed by atoms with Gasteiger partial charge in [-0.25, -0.2) is 0 Å². The minimum absolute atomic E-state index is 0.139. The van der Waals surface area contributed by atoms with Crippen LogP contribution in [0.25, 0.3) is 0 Å². The molecule has 1 unspecified atom stereocenters. The molecular formula is C17H18Br2O2. The fourth-order valence-corrected chi connectivity index (χ4v) is 3.07. The summed E-state index contributed by atoms with van der Waals surface area (Å²) < 4.78 is 11.8. The van der Waals surface area contributed by atoms with E-state index in [1.54, 1.807) is 7.11 Å². The summed E-state index contributed by atoms with van der Waals surface area (Å²) in [6.45, 7) is 2.83. The summed E-state index contributed by atoms with van der Waals surface area (Å²) in [5.74, 6) is 1.75. The van der Waals surface area contributed by atoms with Gasteiger partial charge in [0.2, 0.25) is 0 Å². The first kappa shape index (κ1) is 16.4. The van der Waals surface area contributed by atoms with Gasteiger partial charge in [-0.15, -0.1) is 0 Å². The summed E-state index contributed by atoms with van der Waals surface area (Å²) in [5, 5.41) is 0. The average molecular weight is 414 g/mol. The van der Waals surface area contributed by atoms with Crippen LogP contribution in [0.2, 0.25) is 0 Å². The minimum Gasteiger partial charge on any atom is -0.497 e. The van der Waals surface area contributed by atoms with Crippen LogP contribution in [0.1, 0.15) is 29.3 Å². The maximum Gasteiger partial charge on any atom is 0.133 e. The van der Waals surface area contributed by atoms with E-state index in [-0.39, 0.29) is 4.83 Å². The molecule has 112 valence electrons. The molecule has 0 fully saturated rings. The third-order valence-corrected chi connectivity index (χ3v) is 4.80. The molecule has 0 radical (unpaired) electrons. The summed E-state index contributed by atoms with van der Waals surface area (Å²) in [6.07, 6.45) is 1.00. The first-order chi connectivity index (χ1) is 10.2. The van der Waals surface area contributed by atoms with Crippen LogP contribution in [0, 0.1) is 0 Å². The maximum absolute atomic E-state index is 5.68. The first-order valence-corrected chi connectivity index (χ1v) is 8.56. The van der Waals surface area contributed by atoms with Gasteiger partial charge in [-0.3, -0.25) is 0 Å². The number of alkyl halides is 1. The number of halogens is 2. The van der Waals surface area contributed by atoms with Gasteiger partial charge in [-0.1, -0.05) is 41.1 Å². The molecule has 0 saturated carbocycles. The Balaban J connectivity index is 2.18. The van der Waals surface area contributed by atoms with Crippen molar-refractivity contribution in [1.82, 2.24) is 0 Å². The highest BCUT2D eigenvalue weighted by atomic mass is 79.9. The molecule has 0 aliphatic carbocycles. The number of benzene rings is 2. The van der Waals surface area contributed by atoms with E-state index in [1.165, 1.54) is 11.1 Å². The molecule has 0 N–H and O–H groups in total. The number of ether oxygens (including phenoxy) is 2. The lowest BCUT2D eigenvalue weighted by molar-refractivity contribution is 0.315. The second-order valence-electron chi connectivity index (χ2n) is 4.67. The van der Waals surface area contributed by atoms with Gasteiger partial charge in [0.05, 0.1) is 23.0 Å². The quantitative estimate of drug-likeness (QED) is 0.563. The van der Waals surface area contributed by atoms with Gasteiger partial charge >= 0.3 is 0 Å². The Hall–Kier alpha value is -1.00. The van der Waals surface area contributed by atoms with Crippen LogP contribution in [0.3, 0.4) is 0 Å². The Labute approximate surface area is 142 Å². The number of hydrogen-bond acceptors (Lipinski definition) is 2. The Bertz CT molecular complexity index is 582. The van der Waals surface area contributed by atoms with E-state index in [0.29, 0.717) is 0 Å². The van der Waals surface area contributed by atoms with E-state index in [4.69, 9.17) is 9.47 Å². The molecular weight excluding hydrogens is 396 g/mol. The van der Waals surface area contributed by atoms with E-state index in [0.717, 1.165) is 29.0 Å². The van der Waals surface area contributed by atoms with Crippen molar-refractivity contribution in [2.24, 2.45) is 0 Å². The smallest absolute Gasteiger partial charge is 0.133 e. The van der Waals surface area contributed by atoms with Gasteiger partial charge in [0, 0.05) is 0 Å². The fourth-order valence-electron chi connectivity index (χ4n) is 1.97. The van der Waals surface area contributed by atoms with Crippen LogP contribution in [-0.2, 0) is 0 Å². The van der Waals surface area contributed by atoms with Crippen molar-refractivity contribution in [2.45, 2.75) is 18.2 Å². The highest BCUT2D eigenvalue weighted by Crippen LogP contribution is 2.35. The van der Waals surface area contributed by atoms with E-state index in [2.05, 4.69) is 63.0 Å². The number of methoxy groups -OCH3 is 1. The predicted molar refractivity (Wildman–Crippen MR) is 93.7 cm³/mol. The van der Waals surface area contributed by atoms with E-state index >= 15 is 0 Å². The summed E-state index contributed by atoms with van der Waals surface area (Å²) in [5.41, 5.74) is 2.36. The zero-order valence-electron chi connectivity index (χ0n) is 12.1. The van der Waals surface area contributed by atoms with E-state index in [9.17, 15) is 0 Å². The molecule has 21 heavy (non-hydrogen) atoms. The predicted octanol–water partition coefficient (Wildman–Crippen LogP) is 5.73. The molecule has 2 rings (SSSR count). The van der Waals surface area contributed by atoms with Gasteiger partial charge in [0.1, 0.15) is 11.5 Å². The topological polar surface area (TPSA) is 18.5 Å². The Morgan fingerprint density at radius 1 is 1.05 bits per heavy atom. The molecule has 1 atom stereocenters. The third-order valence-electron chi connectivity index (χ3n) is 3.12. The van der Waals surface area contributed by atoms with E-state index < -0.39 is 0 Å². The lowest BCUT2D eigenvalue weighted by Gasteiger charge is -2.14. The summed E-state index contributed by atoms with van der Waals surface area (Å²) >= 11 is 7.32. The Morgan fingerprint density at radius 2 is 1.71 bits per heavy atom. The third kappa shape index (κ3) is 4.24. The largest absolute Gasteiger partial charge is 0.497 e. The highest BCUT2D eigenvalue weighted by Gasteiger charge is 2.12. The highest BCUT2D eigenvalue weighted by molar-refractivity contribution is 9.10. The Kier molecular flexibility index (Phi) is 6.12.